The predicted molar refractivity (Wildman–Crippen MR) is 88.3 cm³/mol. The number of hydrogen-bond donors (Lipinski definition) is 1. The first-order chi connectivity index (χ1) is 9.85. The van der Waals surface area contributed by atoms with Crippen molar-refractivity contribution in [2.24, 2.45) is 0 Å². The maximum Gasteiger partial charge on any atom is 0.0317 e. The van der Waals surface area contributed by atoms with E-state index in [2.05, 4.69) is 37.5 Å². The van der Waals surface area contributed by atoms with Crippen molar-refractivity contribution in [3.8, 4) is 0 Å². The number of nitrogens with one attached hydrogen (secondary N) is 1. The van der Waals surface area contributed by atoms with Gasteiger partial charge in [0.05, 0.1) is 0 Å². The van der Waals surface area contributed by atoms with Crippen molar-refractivity contribution in [1.29, 1.82) is 0 Å². The third-order valence-corrected chi connectivity index (χ3v) is 4.72. The van der Waals surface area contributed by atoms with E-state index >= 15 is 0 Å². The molecule has 1 aromatic rings. The third kappa shape index (κ3) is 4.34. The van der Waals surface area contributed by atoms with Crippen LogP contribution < -0.4 is 5.32 Å². The van der Waals surface area contributed by atoms with E-state index in [4.69, 9.17) is 0 Å². The van der Waals surface area contributed by atoms with Gasteiger partial charge in [0.1, 0.15) is 0 Å². The largest absolute Gasteiger partial charge is 0.313 e. The molecule has 0 aliphatic heterocycles. The molecule has 1 heteroatoms. The summed E-state index contributed by atoms with van der Waals surface area (Å²) in [5.41, 5.74) is 4.69. The van der Waals surface area contributed by atoms with Crippen LogP contribution in [0.3, 0.4) is 0 Å². The minimum absolute atomic E-state index is 0.548. The van der Waals surface area contributed by atoms with Gasteiger partial charge in [0, 0.05) is 6.04 Å². The molecule has 0 radical (unpaired) electrons. The van der Waals surface area contributed by atoms with Crippen molar-refractivity contribution in [1.82, 2.24) is 5.32 Å². The van der Waals surface area contributed by atoms with E-state index < -0.39 is 0 Å². The van der Waals surface area contributed by atoms with Gasteiger partial charge in [-0.2, -0.15) is 0 Å². The van der Waals surface area contributed by atoms with E-state index in [1.165, 1.54) is 69.8 Å². The number of unbranched alkanes of at least 4 members (excludes halogenated alkanes) is 5. The first kappa shape index (κ1) is 15.6. The Bertz CT molecular complexity index is 397. The van der Waals surface area contributed by atoms with Gasteiger partial charge >= 0.3 is 0 Å². The van der Waals surface area contributed by atoms with Crippen molar-refractivity contribution in [2.75, 3.05) is 7.05 Å². The molecule has 20 heavy (non-hydrogen) atoms. The molecular formula is C19H31N. The third-order valence-electron chi connectivity index (χ3n) is 4.72. The van der Waals surface area contributed by atoms with Crippen LogP contribution >= 0.6 is 0 Å². The van der Waals surface area contributed by atoms with Crippen LogP contribution in [-0.4, -0.2) is 7.05 Å². The summed E-state index contributed by atoms with van der Waals surface area (Å²) in [4.78, 5) is 0. The summed E-state index contributed by atoms with van der Waals surface area (Å²) in [6.07, 6.45) is 13.5. The Hall–Kier alpha value is -0.820. The molecule has 1 unspecified atom stereocenters. The van der Waals surface area contributed by atoms with Gasteiger partial charge in [0.15, 0.2) is 0 Å². The zero-order valence-corrected chi connectivity index (χ0v) is 13.4. The molecule has 1 aromatic carbocycles. The fraction of sp³-hybridized carbons (Fsp3) is 0.684. The number of aryl methyl sites for hydroxylation is 2. The summed E-state index contributed by atoms with van der Waals surface area (Å²) >= 11 is 0. The molecule has 112 valence electrons. The second kappa shape index (κ2) is 8.46. The summed E-state index contributed by atoms with van der Waals surface area (Å²) in [5.74, 6) is 0. The Morgan fingerprint density at radius 3 is 2.55 bits per heavy atom. The van der Waals surface area contributed by atoms with E-state index in [0.717, 1.165) is 0 Å². The molecule has 0 heterocycles. The van der Waals surface area contributed by atoms with Crippen LogP contribution in [0.25, 0.3) is 0 Å². The topological polar surface area (TPSA) is 12.0 Å². The van der Waals surface area contributed by atoms with Gasteiger partial charge in [0.2, 0.25) is 0 Å². The SMILES string of the molecule is CCCCCCCCC(NC)c1ccc2c(c1)CCC2. The lowest BCUT2D eigenvalue weighted by Gasteiger charge is -2.17. The van der Waals surface area contributed by atoms with E-state index in [0.29, 0.717) is 6.04 Å². The maximum atomic E-state index is 3.51. The van der Waals surface area contributed by atoms with Gasteiger partial charge in [-0.05, 0) is 49.4 Å². The van der Waals surface area contributed by atoms with Crippen molar-refractivity contribution in [3.63, 3.8) is 0 Å². The molecule has 0 aromatic heterocycles. The van der Waals surface area contributed by atoms with E-state index in [1.807, 2.05) is 0 Å². The average molecular weight is 273 g/mol. The maximum absolute atomic E-state index is 3.51. The Morgan fingerprint density at radius 2 is 1.75 bits per heavy atom. The monoisotopic (exact) mass is 273 g/mol. The molecule has 1 aliphatic carbocycles. The first-order valence-corrected chi connectivity index (χ1v) is 8.64. The summed E-state index contributed by atoms with van der Waals surface area (Å²) in [6, 6.07) is 7.72. The molecule has 0 saturated carbocycles. The number of hydrogen-bond acceptors (Lipinski definition) is 1. The summed E-state index contributed by atoms with van der Waals surface area (Å²) in [7, 11) is 2.11. The number of benzene rings is 1. The molecule has 0 bridgehead atoms. The smallest absolute Gasteiger partial charge is 0.0317 e. The highest BCUT2D eigenvalue weighted by atomic mass is 14.9. The molecule has 1 atom stereocenters. The van der Waals surface area contributed by atoms with Gasteiger partial charge in [-0.3, -0.25) is 0 Å². The van der Waals surface area contributed by atoms with Crippen LogP contribution in [-0.2, 0) is 12.8 Å². The van der Waals surface area contributed by atoms with Crippen LogP contribution in [0, 0.1) is 0 Å². The van der Waals surface area contributed by atoms with Crippen LogP contribution in [0.15, 0.2) is 18.2 Å². The van der Waals surface area contributed by atoms with Crippen molar-refractivity contribution in [3.05, 3.63) is 34.9 Å². The molecule has 1 N–H and O–H groups in total. The van der Waals surface area contributed by atoms with Crippen LogP contribution in [0.5, 0.6) is 0 Å². The molecule has 0 spiro atoms. The Kier molecular flexibility index (Phi) is 6.59. The first-order valence-electron chi connectivity index (χ1n) is 8.64. The van der Waals surface area contributed by atoms with Gasteiger partial charge in [-0.1, -0.05) is 63.6 Å². The summed E-state index contributed by atoms with van der Waals surface area (Å²) < 4.78 is 0. The molecule has 0 amide bonds. The quantitative estimate of drug-likeness (QED) is 0.611. The lowest BCUT2D eigenvalue weighted by Crippen LogP contribution is -2.16. The lowest BCUT2D eigenvalue weighted by molar-refractivity contribution is 0.497. The molecule has 1 aliphatic rings. The summed E-state index contributed by atoms with van der Waals surface area (Å²) in [6.45, 7) is 2.28. The fourth-order valence-corrected chi connectivity index (χ4v) is 3.41. The van der Waals surface area contributed by atoms with Crippen molar-refractivity contribution >= 4 is 0 Å². The lowest BCUT2D eigenvalue weighted by atomic mass is 9.96. The van der Waals surface area contributed by atoms with Gasteiger partial charge in [-0.15, -0.1) is 0 Å². The van der Waals surface area contributed by atoms with Gasteiger partial charge in [0.25, 0.3) is 0 Å². The standard InChI is InChI=1S/C19H31N/c1-3-4-5-6-7-8-12-19(20-2)18-14-13-16-10-9-11-17(16)15-18/h13-15,19-20H,3-12H2,1-2H3. The fourth-order valence-electron chi connectivity index (χ4n) is 3.41. The molecule has 0 saturated heterocycles. The van der Waals surface area contributed by atoms with Gasteiger partial charge < -0.3 is 5.32 Å². The Labute approximate surface area is 125 Å². The highest BCUT2D eigenvalue weighted by Gasteiger charge is 2.14. The molecule has 1 nitrogen and oxygen atoms in total. The normalized spacial score (nSPS) is 15.3. The van der Waals surface area contributed by atoms with Gasteiger partial charge in [-0.25, -0.2) is 0 Å². The number of fused-ring (bicyclic) bond motifs is 1. The van der Waals surface area contributed by atoms with Crippen LogP contribution in [0.4, 0.5) is 0 Å². The molecule has 2 rings (SSSR count). The highest BCUT2D eigenvalue weighted by molar-refractivity contribution is 5.36. The average Bonchev–Trinajstić information content (AvgIpc) is 2.94. The second-order valence-corrected chi connectivity index (χ2v) is 6.28. The van der Waals surface area contributed by atoms with E-state index in [-0.39, 0.29) is 0 Å². The van der Waals surface area contributed by atoms with Crippen LogP contribution in [0.1, 0.15) is 81.0 Å². The zero-order chi connectivity index (χ0) is 14.2. The van der Waals surface area contributed by atoms with Crippen molar-refractivity contribution in [2.45, 2.75) is 77.2 Å². The predicted octanol–water partition coefficient (Wildman–Crippen LogP) is 5.19. The second-order valence-electron chi connectivity index (χ2n) is 6.28. The number of rotatable bonds is 9. The molecule has 0 fully saturated rings. The van der Waals surface area contributed by atoms with E-state index in [9.17, 15) is 0 Å². The van der Waals surface area contributed by atoms with Crippen LogP contribution in [0.2, 0.25) is 0 Å². The van der Waals surface area contributed by atoms with E-state index in [1.54, 1.807) is 11.1 Å². The van der Waals surface area contributed by atoms with Crippen molar-refractivity contribution < 1.29 is 0 Å². The molecular weight excluding hydrogens is 242 g/mol. The minimum atomic E-state index is 0.548. The zero-order valence-electron chi connectivity index (χ0n) is 13.4. The summed E-state index contributed by atoms with van der Waals surface area (Å²) in [5, 5.41) is 3.51. The minimum Gasteiger partial charge on any atom is -0.313 e. The highest BCUT2D eigenvalue weighted by Crippen LogP contribution is 2.27. The Morgan fingerprint density at radius 1 is 1.00 bits per heavy atom. The Balaban J connectivity index is 1.79.